The first-order valence-corrected chi connectivity index (χ1v) is 7.92. The quantitative estimate of drug-likeness (QED) is 0.570. The number of halogens is 1. The number of methoxy groups -OCH3 is 1. The molecule has 0 saturated heterocycles. The molecular weight excluding hydrogens is 357 g/mol. The van der Waals surface area contributed by atoms with Crippen LogP contribution in [0.2, 0.25) is 0 Å². The minimum atomic E-state index is -0.295. The minimum absolute atomic E-state index is 0. The van der Waals surface area contributed by atoms with Gasteiger partial charge in [-0.1, -0.05) is 0 Å². The summed E-state index contributed by atoms with van der Waals surface area (Å²) in [6, 6.07) is 15.9. The maximum Gasteiger partial charge on any atom is -1.00 e. The van der Waals surface area contributed by atoms with Gasteiger partial charge in [0.1, 0.15) is 0 Å². The van der Waals surface area contributed by atoms with Gasteiger partial charge in [-0.3, -0.25) is 0 Å². The second kappa shape index (κ2) is 7.57. The van der Waals surface area contributed by atoms with Gasteiger partial charge in [0.2, 0.25) is 0 Å². The third-order valence-corrected chi connectivity index (χ3v) is 4.10. The van der Waals surface area contributed by atoms with E-state index in [-0.39, 0.29) is 23.0 Å². The molecule has 0 bridgehead atoms. The summed E-state index contributed by atoms with van der Waals surface area (Å²) in [6.07, 6.45) is 0. The molecule has 0 spiro atoms. The summed E-state index contributed by atoms with van der Waals surface area (Å²) in [4.78, 5) is 11.7. The number of esters is 1. The van der Waals surface area contributed by atoms with E-state index < -0.39 is 0 Å². The van der Waals surface area contributed by atoms with Crippen molar-refractivity contribution in [1.29, 1.82) is 0 Å². The Hall–Kier alpha value is -0.987. The Bertz CT molecular complexity index is 552. The Morgan fingerprint density at radius 1 is 1.11 bits per heavy atom. The van der Waals surface area contributed by atoms with Gasteiger partial charge in [0, 0.05) is 0 Å². The topological polar surface area (TPSA) is 26.3 Å². The van der Waals surface area contributed by atoms with Crippen molar-refractivity contribution < 1.29 is 44.8 Å². The van der Waals surface area contributed by atoms with Crippen molar-refractivity contribution in [2.75, 3.05) is 7.11 Å². The van der Waals surface area contributed by atoms with Gasteiger partial charge in [-0.2, -0.15) is 0 Å². The largest absolute Gasteiger partial charge is 1.00 e. The molecule has 2 rings (SSSR count). The second-order valence-corrected chi connectivity index (χ2v) is 5.03. The average molecular weight is 371 g/mol. The molecule has 0 unspecified atom stereocenters. The SMILES string of the molecule is COC(=O)c1ccccc1-c1ccc([CH2][Zn+])cc1.[Br-]. The number of ether oxygens (including phenoxy) is 1. The molecule has 19 heavy (non-hydrogen) atoms. The van der Waals surface area contributed by atoms with E-state index in [9.17, 15) is 4.79 Å². The van der Waals surface area contributed by atoms with Gasteiger partial charge in [-0.05, 0) is 0 Å². The molecule has 2 aromatic rings. The van der Waals surface area contributed by atoms with Gasteiger partial charge in [-0.25, -0.2) is 0 Å². The average Bonchev–Trinajstić information content (AvgIpc) is 2.46. The molecule has 0 amide bonds. The van der Waals surface area contributed by atoms with Gasteiger partial charge in [0.05, 0.1) is 0 Å². The van der Waals surface area contributed by atoms with Gasteiger partial charge in [0.25, 0.3) is 0 Å². The first-order chi connectivity index (χ1) is 8.76. The predicted octanol–water partition coefficient (Wildman–Crippen LogP) is 0.191. The summed E-state index contributed by atoms with van der Waals surface area (Å²) in [5.41, 5.74) is 3.92. The Morgan fingerprint density at radius 3 is 2.32 bits per heavy atom. The summed E-state index contributed by atoms with van der Waals surface area (Å²) in [6.45, 7) is 0. The zero-order chi connectivity index (χ0) is 13.0. The molecule has 0 aliphatic rings. The monoisotopic (exact) mass is 368 g/mol. The van der Waals surface area contributed by atoms with Crippen LogP contribution in [0.5, 0.6) is 0 Å². The standard InChI is InChI=1S/C15H13O2.BrH.Zn/c1-11-7-9-12(10-8-11)13-5-3-4-6-14(13)15(16)17-2;;/h3-10H,1H2,2H3;1H;/q;;+1/p-1. The maximum absolute atomic E-state index is 11.7. The molecule has 0 heterocycles. The van der Waals surface area contributed by atoms with Crippen molar-refractivity contribution in [3.05, 3.63) is 59.7 Å². The van der Waals surface area contributed by atoms with Gasteiger partial charge >= 0.3 is 117 Å². The van der Waals surface area contributed by atoms with Crippen LogP contribution in [0.25, 0.3) is 11.1 Å². The van der Waals surface area contributed by atoms with Crippen LogP contribution < -0.4 is 17.0 Å². The number of rotatable bonds is 3. The molecule has 2 aromatic carbocycles. The Labute approximate surface area is 133 Å². The van der Waals surface area contributed by atoms with E-state index in [1.165, 1.54) is 31.0 Å². The van der Waals surface area contributed by atoms with E-state index in [0.29, 0.717) is 5.56 Å². The normalized spacial score (nSPS) is 9.63. The molecule has 0 radical (unpaired) electrons. The summed E-state index contributed by atoms with van der Waals surface area (Å²) >= 11 is 1.26. The fourth-order valence-electron chi connectivity index (χ4n) is 1.87. The molecule has 0 saturated carbocycles. The van der Waals surface area contributed by atoms with Crippen LogP contribution in [0.15, 0.2) is 48.5 Å². The van der Waals surface area contributed by atoms with Crippen LogP contribution in [-0.4, -0.2) is 13.1 Å². The zero-order valence-corrected chi connectivity index (χ0v) is 15.3. The molecular formula is C15H13BrO2Zn. The Kier molecular flexibility index (Phi) is 6.40. The van der Waals surface area contributed by atoms with Crippen molar-refractivity contribution in [2.45, 2.75) is 5.02 Å². The van der Waals surface area contributed by atoms with Crippen LogP contribution in [0, 0.1) is 0 Å². The predicted molar refractivity (Wildman–Crippen MR) is 66.9 cm³/mol. The molecule has 0 N–H and O–H groups in total. The molecule has 4 heteroatoms. The van der Waals surface area contributed by atoms with E-state index in [1.807, 2.05) is 18.2 Å². The molecule has 2 nitrogen and oxygen atoms in total. The van der Waals surface area contributed by atoms with Crippen LogP contribution in [0.3, 0.4) is 0 Å². The molecule has 0 aliphatic carbocycles. The first kappa shape index (κ1) is 16.1. The third-order valence-electron chi connectivity index (χ3n) is 2.89. The van der Waals surface area contributed by atoms with Crippen LogP contribution in [0.1, 0.15) is 15.9 Å². The number of carbonyl (C=O) groups is 1. The first-order valence-electron chi connectivity index (χ1n) is 5.82. The van der Waals surface area contributed by atoms with Crippen LogP contribution >= 0.6 is 0 Å². The van der Waals surface area contributed by atoms with Crippen molar-refractivity contribution in [3.8, 4) is 11.1 Å². The summed E-state index contributed by atoms with van der Waals surface area (Å²) in [5.74, 6) is -0.295. The van der Waals surface area contributed by atoms with Gasteiger partial charge < -0.3 is 17.0 Å². The van der Waals surface area contributed by atoms with E-state index in [0.717, 1.165) is 16.1 Å². The number of hydrogen-bond acceptors (Lipinski definition) is 2. The summed E-state index contributed by atoms with van der Waals surface area (Å²) in [5, 5.41) is 1.14. The smallest absolute Gasteiger partial charge is 1.00 e. The second-order valence-electron chi connectivity index (χ2n) is 3.98. The minimum Gasteiger partial charge on any atom is -1.00 e. The fraction of sp³-hybridized carbons (Fsp3) is 0.133. The summed E-state index contributed by atoms with van der Waals surface area (Å²) < 4.78 is 4.81. The number of benzene rings is 2. The maximum atomic E-state index is 11.7. The van der Waals surface area contributed by atoms with Crippen molar-refractivity contribution in [1.82, 2.24) is 0 Å². The van der Waals surface area contributed by atoms with E-state index >= 15 is 0 Å². The van der Waals surface area contributed by atoms with Crippen LogP contribution in [0.4, 0.5) is 0 Å². The Morgan fingerprint density at radius 2 is 1.74 bits per heavy atom. The van der Waals surface area contributed by atoms with Crippen LogP contribution in [-0.2, 0) is 28.1 Å². The molecule has 0 aliphatic heterocycles. The summed E-state index contributed by atoms with van der Waals surface area (Å²) in [7, 11) is 1.41. The molecule has 94 valence electrons. The fourth-order valence-corrected chi connectivity index (χ4v) is 2.57. The molecule has 0 aromatic heterocycles. The number of carbonyl (C=O) groups excluding carboxylic acids is 1. The zero-order valence-electron chi connectivity index (χ0n) is 10.7. The molecule has 0 fully saturated rings. The molecule has 0 atom stereocenters. The van der Waals surface area contributed by atoms with Crippen molar-refractivity contribution >= 4 is 5.97 Å². The van der Waals surface area contributed by atoms with E-state index in [4.69, 9.17) is 4.74 Å². The van der Waals surface area contributed by atoms with Crippen molar-refractivity contribution in [2.24, 2.45) is 0 Å². The Balaban J connectivity index is 0.00000180. The third kappa shape index (κ3) is 3.74. The van der Waals surface area contributed by atoms with Crippen molar-refractivity contribution in [3.63, 3.8) is 0 Å². The van der Waals surface area contributed by atoms with E-state index in [1.54, 1.807) is 6.07 Å². The number of hydrogen-bond donors (Lipinski definition) is 0. The van der Waals surface area contributed by atoms with Gasteiger partial charge in [-0.15, -0.1) is 0 Å². The van der Waals surface area contributed by atoms with Gasteiger partial charge in [0.15, 0.2) is 0 Å². The van der Waals surface area contributed by atoms with E-state index in [2.05, 4.69) is 24.3 Å².